The van der Waals surface area contributed by atoms with Crippen molar-refractivity contribution in [2.24, 2.45) is 0 Å². The van der Waals surface area contributed by atoms with E-state index in [1.807, 2.05) is 0 Å². The van der Waals surface area contributed by atoms with Crippen LogP contribution < -0.4 is 17.0 Å². The molecule has 0 radical (unpaired) electrons. The first-order chi connectivity index (χ1) is 12.5. The Morgan fingerprint density at radius 2 is 1.36 bits per heavy atom. The molecule has 0 aliphatic carbocycles. The summed E-state index contributed by atoms with van der Waals surface area (Å²) in [6.45, 7) is 10.0. The van der Waals surface area contributed by atoms with Gasteiger partial charge in [-0.05, 0) is 48.2 Å². The average molecular weight is 464 g/mol. The number of allylic oxidation sites excluding steroid dienone is 1. The van der Waals surface area contributed by atoms with E-state index in [2.05, 4.69) is 20.1 Å². The van der Waals surface area contributed by atoms with Gasteiger partial charge < -0.3 is 26.9 Å². The van der Waals surface area contributed by atoms with Crippen LogP contribution >= 0.6 is 0 Å². The number of benzene rings is 2. The minimum absolute atomic E-state index is 0. The quantitative estimate of drug-likeness (QED) is 0.305. The number of aliphatic hydroxyl groups excluding tert-OH is 1. The largest absolute Gasteiger partial charge is 2.00 e. The van der Waals surface area contributed by atoms with Gasteiger partial charge in [-0.1, -0.05) is 30.3 Å². The van der Waals surface area contributed by atoms with Crippen LogP contribution in [0.25, 0.3) is 0 Å². The van der Waals surface area contributed by atoms with Crippen LogP contribution in [0.1, 0.15) is 17.5 Å². The molecule has 0 heterocycles. The van der Waals surface area contributed by atoms with Gasteiger partial charge in [-0.2, -0.15) is 0 Å². The van der Waals surface area contributed by atoms with Gasteiger partial charge in [0.2, 0.25) is 0 Å². The van der Waals surface area contributed by atoms with Crippen molar-refractivity contribution in [2.75, 3.05) is 0 Å². The van der Waals surface area contributed by atoms with Gasteiger partial charge in [-0.15, -0.1) is 6.58 Å². The van der Waals surface area contributed by atoms with E-state index in [-0.39, 0.29) is 51.7 Å². The number of halogens is 3. The molecule has 2 aromatic carbocycles. The number of rotatable bonds is 6. The standard InChI is InChI=1S/C11H13FO.C8H7FO.C3H5.BrH.Mg/c1-2-3-11(13)8-9-4-6-10(12)7-5-9;9-8-3-1-7(2-4-8)5-6-10;1-3-2;;/h2,4-7,11,13H,1,3,8H2;1-4,6H,5H2;3H,1-2H2;1H;/q;;-1;;+2/p-1. The van der Waals surface area contributed by atoms with Crippen LogP contribution in [-0.2, 0) is 17.6 Å². The monoisotopic (exact) mass is 462 g/mol. The summed E-state index contributed by atoms with van der Waals surface area (Å²) < 4.78 is 24.7. The zero-order valence-corrected chi connectivity index (χ0v) is 18.9. The minimum atomic E-state index is -0.414. The summed E-state index contributed by atoms with van der Waals surface area (Å²) in [6, 6.07) is 12.1. The Bertz CT molecular complexity index is 647. The van der Waals surface area contributed by atoms with E-state index in [9.17, 15) is 18.7 Å². The molecule has 2 nitrogen and oxygen atoms in total. The van der Waals surface area contributed by atoms with Gasteiger partial charge in [0.05, 0.1) is 6.10 Å². The van der Waals surface area contributed by atoms with Gasteiger partial charge in [0.1, 0.15) is 17.9 Å². The van der Waals surface area contributed by atoms with E-state index >= 15 is 0 Å². The first-order valence-electron chi connectivity index (χ1n) is 8.08. The van der Waals surface area contributed by atoms with Crippen molar-refractivity contribution in [2.45, 2.75) is 25.4 Å². The maximum absolute atomic E-state index is 12.5. The molecule has 148 valence electrons. The summed E-state index contributed by atoms with van der Waals surface area (Å²) in [6.07, 6.45) is 5.04. The molecular weight excluding hydrogens is 438 g/mol. The molecule has 0 aromatic heterocycles. The second kappa shape index (κ2) is 20.3. The number of carbonyl (C=O) groups is 1. The van der Waals surface area contributed by atoms with Gasteiger partial charge in [0, 0.05) is 6.42 Å². The predicted molar refractivity (Wildman–Crippen MR) is 108 cm³/mol. The first-order valence-corrected chi connectivity index (χ1v) is 8.08. The molecule has 1 N–H and O–H groups in total. The number of hydrogen-bond donors (Lipinski definition) is 1. The van der Waals surface area contributed by atoms with Crippen molar-refractivity contribution in [1.29, 1.82) is 0 Å². The average Bonchev–Trinajstić information content (AvgIpc) is 2.61. The predicted octanol–water partition coefficient (Wildman–Crippen LogP) is 1.50. The zero-order valence-electron chi connectivity index (χ0n) is 15.9. The first kappa shape index (κ1) is 31.2. The Hall–Kier alpha value is -1.47. The minimum Gasteiger partial charge on any atom is -1.00 e. The second-order valence-electron chi connectivity index (χ2n) is 5.29. The summed E-state index contributed by atoms with van der Waals surface area (Å²) in [5.74, 6) is -0.517. The fourth-order valence-electron chi connectivity index (χ4n) is 1.88. The fraction of sp³-hybridized carbons (Fsp3) is 0.182. The Balaban J connectivity index is -0.000000376. The summed E-state index contributed by atoms with van der Waals surface area (Å²) >= 11 is 0. The molecule has 2 rings (SSSR count). The van der Waals surface area contributed by atoms with Gasteiger partial charge in [-0.3, -0.25) is 0 Å². The SMILES string of the molecule is C=CCC(O)Cc1ccc(F)cc1.C=C[CH2-].O=CCc1ccc(F)cc1.[Br-].[Mg+2]. The summed E-state index contributed by atoms with van der Waals surface area (Å²) in [5, 5.41) is 9.41. The van der Waals surface area contributed by atoms with Crippen LogP contribution in [-0.4, -0.2) is 40.5 Å². The molecular formula is C22H25BrF2MgO2. The van der Waals surface area contributed by atoms with Crippen molar-refractivity contribution in [3.05, 3.63) is 104 Å². The van der Waals surface area contributed by atoms with E-state index in [0.717, 1.165) is 17.4 Å². The molecule has 0 bridgehead atoms. The van der Waals surface area contributed by atoms with E-state index in [1.54, 1.807) is 30.3 Å². The smallest absolute Gasteiger partial charge is 1.00 e. The molecule has 0 spiro atoms. The maximum atomic E-state index is 12.5. The van der Waals surface area contributed by atoms with Crippen molar-refractivity contribution in [3.8, 4) is 0 Å². The fourth-order valence-corrected chi connectivity index (χ4v) is 1.88. The maximum Gasteiger partial charge on any atom is 2.00 e. The van der Waals surface area contributed by atoms with E-state index in [1.165, 1.54) is 30.3 Å². The van der Waals surface area contributed by atoms with Crippen LogP contribution in [0.5, 0.6) is 0 Å². The molecule has 1 atom stereocenters. The molecule has 0 aliphatic rings. The van der Waals surface area contributed by atoms with Crippen LogP contribution in [0, 0.1) is 18.6 Å². The molecule has 1 unspecified atom stereocenters. The number of aldehydes is 1. The van der Waals surface area contributed by atoms with Crippen LogP contribution in [0.15, 0.2) is 73.8 Å². The third-order valence-electron chi connectivity index (χ3n) is 3.06. The Morgan fingerprint density at radius 1 is 0.964 bits per heavy atom. The molecule has 0 aliphatic heterocycles. The molecule has 6 heteroatoms. The van der Waals surface area contributed by atoms with Gasteiger partial charge >= 0.3 is 23.1 Å². The molecule has 0 fully saturated rings. The van der Waals surface area contributed by atoms with Gasteiger partial charge in [-0.25, -0.2) is 28.4 Å². The summed E-state index contributed by atoms with van der Waals surface area (Å²) in [4.78, 5) is 9.97. The van der Waals surface area contributed by atoms with Crippen molar-refractivity contribution in [3.63, 3.8) is 0 Å². The Kier molecular flexibility index (Phi) is 22.6. The molecule has 28 heavy (non-hydrogen) atoms. The van der Waals surface area contributed by atoms with E-state index in [0.29, 0.717) is 19.3 Å². The van der Waals surface area contributed by atoms with E-state index < -0.39 is 6.10 Å². The van der Waals surface area contributed by atoms with Crippen LogP contribution in [0.2, 0.25) is 0 Å². The van der Waals surface area contributed by atoms with Crippen molar-refractivity contribution >= 4 is 29.3 Å². The summed E-state index contributed by atoms with van der Waals surface area (Å²) in [7, 11) is 0. The van der Waals surface area contributed by atoms with Crippen LogP contribution in [0.3, 0.4) is 0 Å². The topological polar surface area (TPSA) is 37.3 Å². The van der Waals surface area contributed by atoms with Crippen LogP contribution in [0.4, 0.5) is 8.78 Å². The second-order valence-corrected chi connectivity index (χ2v) is 5.29. The third-order valence-corrected chi connectivity index (χ3v) is 3.06. The number of hydrogen-bond acceptors (Lipinski definition) is 2. The summed E-state index contributed by atoms with van der Waals surface area (Å²) in [5.41, 5.74) is 1.78. The van der Waals surface area contributed by atoms with Gasteiger partial charge in [0.15, 0.2) is 0 Å². The van der Waals surface area contributed by atoms with Crippen molar-refractivity contribution < 1.29 is 35.7 Å². The Labute approximate surface area is 193 Å². The molecule has 0 saturated heterocycles. The third kappa shape index (κ3) is 16.7. The number of carbonyl (C=O) groups excluding carboxylic acids is 1. The number of aliphatic hydroxyl groups is 1. The van der Waals surface area contributed by atoms with Gasteiger partial charge in [0.25, 0.3) is 0 Å². The van der Waals surface area contributed by atoms with Crippen molar-refractivity contribution in [1.82, 2.24) is 0 Å². The van der Waals surface area contributed by atoms with E-state index in [4.69, 9.17) is 0 Å². The Morgan fingerprint density at radius 3 is 1.71 bits per heavy atom. The molecule has 2 aromatic rings. The zero-order chi connectivity index (χ0) is 19.8. The normalized spacial score (nSPS) is 9.54. The molecule has 0 amide bonds. The molecule has 0 saturated carbocycles.